The highest BCUT2D eigenvalue weighted by molar-refractivity contribution is 4.75. The third kappa shape index (κ3) is 13.2. The van der Waals surface area contributed by atoms with Crippen molar-refractivity contribution in [1.29, 1.82) is 0 Å². The molecule has 140 valence electrons. The highest BCUT2D eigenvalue weighted by Crippen LogP contribution is 2.20. The van der Waals surface area contributed by atoms with Crippen molar-refractivity contribution in [1.82, 2.24) is 0 Å². The van der Waals surface area contributed by atoms with Gasteiger partial charge >= 0.3 is 0 Å². The van der Waals surface area contributed by atoms with Gasteiger partial charge in [-0.25, -0.2) is 0 Å². The van der Waals surface area contributed by atoms with Gasteiger partial charge in [-0.1, -0.05) is 90.4 Å². The first-order valence-electron chi connectivity index (χ1n) is 10.2. The maximum Gasteiger partial charge on any atom is 0.114 e. The molecule has 0 saturated carbocycles. The average molecular weight is 348 g/mol. The van der Waals surface area contributed by atoms with Crippen molar-refractivity contribution >= 4 is 0 Å². The third-order valence-corrected chi connectivity index (χ3v) is 5.16. The smallest absolute Gasteiger partial charge is 0.114 e. The molecule has 1 unspecified atom stereocenters. The number of nitrogens with two attached hydrogens (primary N) is 1. The first-order valence-corrected chi connectivity index (χ1v) is 10.2. The maximum atomic E-state index is 5.94. The molecule has 0 amide bonds. The fourth-order valence-corrected chi connectivity index (χ4v) is 3.55. The van der Waals surface area contributed by atoms with Crippen LogP contribution in [-0.4, -0.2) is 25.3 Å². The molecular weight excluding hydrogens is 306 g/mol. The molecule has 1 saturated heterocycles. The molecule has 0 radical (unpaired) electrons. The van der Waals surface area contributed by atoms with Gasteiger partial charge in [-0.05, 0) is 13.3 Å². The van der Waals surface area contributed by atoms with E-state index < -0.39 is 0 Å². The van der Waals surface area contributed by atoms with Crippen LogP contribution in [0.5, 0.6) is 0 Å². The molecule has 0 aromatic rings. The monoisotopic (exact) mass is 347 g/mol. The van der Waals surface area contributed by atoms with Crippen molar-refractivity contribution in [3.05, 3.63) is 0 Å². The Labute approximate surface area is 151 Å². The molecule has 0 aromatic carbocycles. The number of quaternary nitrogens is 1. The van der Waals surface area contributed by atoms with E-state index in [0.29, 0.717) is 0 Å². The van der Waals surface area contributed by atoms with Crippen LogP contribution in [-0.2, 0) is 4.74 Å². The van der Waals surface area contributed by atoms with Crippen LogP contribution in [0.3, 0.4) is 0 Å². The Morgan fingerprint density at radius 3 is 1.70 bits per heavy atom. The molecule has 0 aromatic heterocycles. The normalized spacial score (nSPS) is 21.1. The van der Waals surface area contributed by atoms with Crippen molar-refractivity contribution < 1.29 is 22.5 Å². The van der Waals surface area contributed by atoms with Crippen molar-refractivity contribution in [2.75, 3.05) is 19.7 Å². The van der Waals surface area contributed by atoms with E-state index in [0.717, 1.165) is 19.7 Å². The van der Waals surface area contributed by atoms with Crippen LogP contribution in [0, 0.1) is 0 Å². The molecule has 1 atom stereocenters. The van der Waals surface area contributed by atoms with E-state index in [1.165, 1.54) is 89.9 Å². The Morgan fingerprint density at radius 1 is 0.783 bits per heavy atom. The van der Waals surface area contributed by atoms with Gasteiger partial charge in [0.2, 0.25) is 0 Å². The van der Waals surface area contributed by atoms with E-state index >= 15 is 0 Å². The summed E-state index contributed by atoms with van der Waals surface area (Å²) in [6.07, 6.45) is 19.9. The largest absolute Gasteiger partial charge is 1.00 e. The minimum Gasteiger partial charge on any atom is -1.00 e. The van der Waals surface area contributed by atoms with Crippen LogP contribution in [0.25, 0.3) is 0 Å². The number of hydrogen-bond acceptors (Lipinski definition) is 1. The zero-order chi connectivity index (χ0) is 15.9. The fourth-order valence-electron chi connectivity index (χ4n) is 3.55. The molecule has 1 rings (SSSR count). The van der Waals surface area contributed by atoms with Crippen LogP contribution < -0.4 is 17.7 Å². The van der Waals surface area contributed by atoms with Crippen LogP contribution in [0.1, 0.15) is 104 Å². The number of ether oxygens (including phenoxy) is 1. The summed E-state index contributed by atoms with van der Waals surface area (Å²) in [6.45, 7) is 7.83. The second-order valence-corrected chi connectivity index (χ2v) is 7.57. The lowest BCUT2D eigenvalue weighted by Gasteiger charge is -2.31. The summed E-state index contributed by atoms with van der Waals surface area (Å²) in [7, 11) is 0. The number of rotatable bonds is 14. The van der Waals surface area contributed by atoms with E-state index in [1.807, 2.05) is 0 Å². The topological polar surface area (TPSA) is 25.8 Å². The van der Waals surface area contributed by atoms with Crippen LogP contribution >= 0.6 is 0 Å². The Bertz CT molecular complexity index is 242. The minimum absolute atomic E-state index is 0. The fraction of sp³-hybridized carbons (Fsp3) is 1.00. The van der Waals surface area contributed by atoms with Gasteiger partial charge in [0.1, 0.15) is 12.1 Å². The first-order chi connectivity index (χ1) is 10.8. The van der Waals surface area contributed by atoms with Gasteiger partial charge in [-0.3, -0.25) is 0 Å². The Balaban J connectivity index is 0.00000484. The highest BCUT2D eigenvalue weighted by Gasteiger charge is 2.29. The van der Waals surface area contributed by atoms with Crippen molar-refractivity contribution in [2.45, 2.75) is 109 Å². The first kappa shape index (κ1) is 23.2. The molecule has 1 aliphatic rings. The van der Waals surface area contributed by atoms with Gasteiger partial charge in [-0.15, -0.1) is 0 Å². The van der Waals surface area contributed by atoms with Crippen molar-refractivity contribution in [2.24, 2.45) is 0 Å². The van der Waals surface area contributed by atoms with Crippen LogP contribution in [0.2, 0.25) is 0 Å². The standard InChI is InChI=1S/C20H41NO.ClH/c1-3-4-5-6-7-8-9-10-11-12-13-14-15-16-20(2)19-21-17-18-22-20;/h21H,3-19H2,1-2H3;1H. The Morgan fingerprint density at radius 2 is 1.26 bits per heavy atom. The third-order valence-electron chi connectivity index (χ3n) is 5.16. The Kier molecular flexibility index (Phi) is 15.9. The summed E-state index contributed by atoms with van der Waals surface area (Å²) in [4.78, 5) is 0. The van der Waals surface area contributed by atoms with E-state index in [9.17, 15) is 0 Å². The lowest BCUT2D eigenvalue weighted by atomic mass is 9.96. The van der Waals surface area contributed by atoms with Crippen LogP contribution in [0.4, 0.5) is 0 Å². The zero-order valence-corrected chi connectivity index (χ0v) is 16.6. The molecule has 23 heavy (non-hydrogen) atoms. The number of unbranched alkanes of at least 4 members (excludes halogenated alkanes) is 12. The molecule has 1 aliphatic heterocycles. The summed E-state index contributed by atoms with van der Waals surface area (Å²) >= 11 is 0. The molecule has 3 heteroatoms. The average Bonchev–Trinajstić information content (AvgIpc) is 2.52. The van der Waals surface area contributed by atoms with Crippen LogP contribution in [0.15, 0.2) is 0 Å². The van der Waals surface area contributed by atoms with E-state index in [2.05, 4.69) is 19.2 Å². The number of hydrogen-bond donors (Lipinski definition) is 1. The van der Waals surface area contributed by atoms with Gasteiger partial charge in [0.15, 0.2) is 0 Å². The van der Waals surface area contributed by atoms with E-state index in [4.69, 9.17) is 4.74 Å². The second-order valence-electron chi connectivity index (χ2n) is 7.57. The molecule has 0 spiro atoms. The molecule has 1 heterocycles. The van der Waals surface area contributed by atoms with Gasteiger partial charge in [-0.2, -0.15) is 0 Å². The molecule has 0 aliphatic carbocycles. The second kappa shape index (κ2) is 15.7. The van der Waals surface area contributed by atoms with Crippen molar-refractivity contribution in [3.8, 4) is 0 Å². The molecule has 2 nitrogen and oxygen atoms in total. The summed E-state index contributed by atoms with van der Waals surface area (Å²) in [5, 5.41) is 2.41. The lowest BCUT2D eigenvalue weighted by Crippen LogP contribution is -3.00. The predicted octanol–water partition coefficient (Wildman–Crippen LogP) is 1.82. The maximum absolute atomic E-state index is 5.94. The van der Waals surface area contributed by atoms with E-state index in [1.54, 1.807) is 0 Å². The Hall–Kier alpha value is 0.210. The zero-order valence-electron chi connectivity index (χ0n) is 15.9. The van der Waals surface area contributed by atoms with Gasteiger partial charge in [0.25, 0.3) is 0 Å². The SMILES string of the molecule is CCCCCCCCCCCCCCCC1(C)C[NH2+]CCO1.[Cl-]. The summed E-state index contributed by atoms with van der Waals surface area (Å²) < 4.78 is 5.94. The molecular formula is C20H42ClNO. The van der Waals surface area contributed by atoms with Crippen molar-refractivity contribution in [3.63, 3.8) is 0 Å². The number of halogens is 1. The highest BCUT2D eigenvalue weighted by atomic mass is 35.5. The summed E-state index contributed by atoms with van der Waals surface area (Å²) in [5.41, 5.74) is 0.163. The lowest BCUT2D eigenvalue weighted by molar-refractivity contribution is -0.685. The molecule has 2 N–H and O–H groups in total. The summed E-state index contributed by atoms with van der Waals surface area (Å²) in [5.74, 6) is 0. The molecule has 1 fully saturated rings. The minimum atomic E-state index is 0. The van der Waals surface area contributed by atoms with Gasteiger partial charge < -0.3 is 22.5 Å². The van der Waals surface area contributed by atoms with Gasteiger partial charge in [0, 0.05) is 0 Å². The predicted molar refractivity (Wildman–Crippen MR) is 96.3 cm³/mol. The number of morpholine rings is 1. The summed E-state index contributed by atoms with van der Waals surface area (Å²) in [6, 6.07) is 0. The molecule has 0 bridgehead atoms. The quantitative estimate of drug-likeness (QED) is 0.477. The van der Waals surface area contributed by atoms with E-state index in [-0.39, 0.29) is 18.0 Å². The van der Waals surface area contributed by atoms with Gasteiger partial charge in [0.05, 0.1) is 13.2 Å².